The second-order valence-electron chi connectivity index (χ2n) is 10.3. The number of hydrogen-bond donors (Lipinski definition) is 0. The smallest absolute Gasteiger partial charge is 0.247 e. The summed E-state index contributed by atoms with van der Waals surface area (Å²) in [7, 11) is -9.27. The van der Waals surface area contributed by atoms with Gasteiger partial charge < -0.3 is 0 Å². The third kappa shape index (κ3) is 31.1. The van der Waals surface area contributed by atoms with Gasteiger partial charge in [0, 0.05) is 25.9 Å². The average molecular weight is 599 g/mol. The van der Waals surface area contributed by atoms with Gasteiger partial charge in [-0.05, 0) is 12.8 Å². The minimum absolute atomic E-state index is 0. The highest BCUT2D eigenvalue weighted by atomic mass is 32.3. The van der Waals surface area contributed by atoms with E-state index in [0.717, 1.165) is 38.5 Å². The molecule has 230 valence electrons. The first kappa shape index (κ1) is 40.7. The molecule has 0 heterocycles. The molecule has 0 bridgehead atoms. The highest BCUT2D eigenvalue weighted by Gasteiger charge is 2.24. The quantitative estimate of drug-likeness (QED) is 0.0601. The van der Waals surface area contributed by atoms with Gasteiger partial charge in [0.2, 0.25) is 0 Å². The Balaban J connectivity index is -0.00000216. The van der Waals surface area contributed by atoms with Crippen LogP contribution in [-0.4, -0.2) is 53.1 Å². The predicted octanol–water partition coefficient (Wildman–Crippen LogP) is 9.04. The highest BCUT2D eigenvalue weighted by molar-refractivity contribution is 7.95. The van der Waals surface area contributed by atoms with Gasteiger partial charge in [-0.1, -0.05) is 155 Å². The van der Waals surface area contributed by atoms with Gasteiger partial charge in [-0.3, -0.25) is 0 Å². The molecule has 38 heavy (non-hydrogen) atoms. The number of hydrogen-bond acceptors (Lipinski definition) is 7. The van der Waals surface area contributed by atoms with Crippen molar-refractivity contribution in [1.29, 1.82) is 0 Å². The Morgan fingerprint density at radius 2 is 0.605 bits per heavy atom. The Morgan fingerprint density at radius 3 is 0.842 bits per heavy atom. The van der Waals surface area contributed by atoms with Gasteiger partial charge in [-0.15, -0.1) is 3.63 Å². The maximum atomic E-state index is 11.8. The molecule has 0 rings (SSSR count). The first-order valence-electron chi connectivity index (χ1n) is 15.3. The van der Waals surface area contributed by atoms with Gasteiger partial charge >= 0.3 is 20.8 Å². The van der Waals surface area contributed by atoms with Crippen molar-refractivity contribution >= 4 is 43.9 Å². The Morgan fingerprint density at radius 1 is 0.395 bits per heavy atom. The van der Waals surface area contributed by atoms with Gasteiger partial charge in [0.05, 0.1) is 13.2 Å². The first-order chi connectivity index (χ1) is 17.8. The van der Waals surface area contributed by atoms with E-state index in [-0.39, 0.29) is 39.1 Å². The lowest BCUT2D eigenvalue weighted by Crippen LogP contribution is -2.19. The van der Waals surface area contributed by atoms with E-state index in [1.54, 1.807) is 0 Å². The van der Waals surface area contributed by atoms with E-state index < -0.39 is 20.8 Å². The summed E-state index contributed by atoms with van der Waals surface area (Å²) in [6.07, 6.45) is 27.7. The van der Waals surface area contributed by atoms with Crippen LogP contribution in [0.4, 0.5) is 0 Å². The van der Waals surface area contributed by atoms with Gasteiger partial charge in [0.1, 0.15) is 0 Å². The lowest BCUT2D eigenvalue weighted by atomic mass is 10.1. The largest absolute Gasteiger partial charge is 0.416 e. The van der Waals surface area contributed by atoms with E-state index >= 15 is 0 Å². The lowest BCUT2D eigenvalue weighted by molar-refractivity contribution is 0.232. The second-order valence-corrected chi connectivity index (χ2v) is 13.0. The molecule has 0 amide bonds. The van der Waals surface area contributed by atoms with Gasteiger partial charge in [0.25, 0.3) is 0 Å². The molecule has 0 aliphatic heterocycles. The summed E-state index contributed by atoms with van der Waals surface area (Å²) >= 11 is 0. The van der Waals surface area contributed by atoms with E-state index in [0.29, 0.717) is 12.8 Å². The number of unbranched alkanes of at least 4 members (excludes halogenated alkanes) is 22. The van der Waals surface area contributed by atoms with E-state index in [4.69, 9.17) is 0 Å². The van der Waals surface area contributed by atoms with E-state index in [9.17, 15) is 16.8 Å². The predicted molar refractivity (Wildman–Crippen MR) is 163 cm³/mol. The monoisotopic (exact) mass is 598 g/mol. The van der Waals surface area contributed by atoms with Gasteiger partial charge in [0.15, 0.2) is 0 Å². The molecule has 10 heteroatoms. The molecule has 0 aromatic rings. The van der Waals surface area contributed by atoms with Crippen LogP contribution in [0.3, 0.4) is 0 Å². The number of rotatable bonds is 30. The van der Waals surface area contributed by atoms with Crippen LogP contribution in [0.2, 0.25) is 0 Å². The SMILES string of the molecule is CCCCCCCCCCCCCCOS(=O)(=O)OS(=O)(=O)OCCCCCCCCCCCCCC.[HH].[HH].[Mg]. The lowest BCUT2D eigenvalue weighted by Gasteiger charge is -2.07. The second kappa shape index (κ2) is 29.1. The highest BCUT2D eigenvalue weighted by Crippen LogP contribution is 2.14. The molecule has 7 nitrogen and oxygen atoms in total. The third-order valence-corrected chi connectivity index (χ3v) is 8.86. The van der Waals surface area contributed by atoms with Crippen molar-refractivity contribution in [3.05, 3.63) is 0 Å². The van der Waals surface area contributed by atoms with Crippen molar-refractivity contribution in [2.75, 3.05) is 13.2 Å². The molecule has 0 N–H and O–H groups in total. The minimum atomic E-state index is -4.63. The van der Waals surface area contributed by atoms with Crippen LogP contribution in [0.1, 0.15) is 171 Å². The normalized spacial score (nSPS) is 12.1. The van der Waals surface area contributed by atoms with Gasteiger partial charge in [-0.2, -0.15) is 16.8 Å². The third-order valence-electron chi connectivity index (χ3n) is 6.62. The van der Waals surface area contributed by atoms with Crippen molar-refractivity contribution in [1.82, 2.24) is 0 Å². The van der Waals surface area contributed by atoms with Crippen molar-refractivity contribution in [3.8, 4) is 0 Å². The van der Waals surface area contributed by atoms with Crippen LogP contribution in [0.5, 0.6) is 0 Å². The molecular formula is C28H62MgO7S2. The Kier molecular flexibility index (Phi) is 31.1. The van der Waals surface area contributed by atoms with Crippen LogP contribution in [0.15, 0.2) is 0 Å². The van der Waals surface area contributed by atoms with Crippen LogP contribution in [0.25, 0.3) is 0 Å². The standard InChI is InChI=1S/C28H58O7S2.Mg.2H2/c1-3-5-7-9-11-13-15-17-19-21-23-25-27-33-36(29,30)35-37(31,32)34-28-26-24-22-20-18-16-14-12-10-8-6-4-2;;;/h3-28H2,1-2H3;;2*1H. The molecule has 0 aromatic carbocycles. The summed E-state index contributed by atoms with van der Waals surface area (Å²) in [6.45, 7) is 4.28. The topological polar surface area (TPSA) is 96.0 Å². The molecule has 2 radical (unpaired) electrons. The molecule has 0 aliphatic rings. The molecule has 0 fully saturated rings. The van der Waals surface area contributed by atoms with Crippen molar-refractivity contribution in [2.45, 2.75) is 168 Å². The zero-order valence-electron chi connectivity index (χ0n) is 24.8. The van der Waals surface area contributed by atoms with Crippen molar-refractivity contribution in [2.24, 2.45) is 0 Å². The molecule has 0 aliphatic carbocycles. The Hall–Kier alpha value is 0.546. The zero-order valence-corrected chi connectivity index (χ0v) is 27.8. The fourth-order valence-corrected chi connectivity index (χ4v) is 6.12. The van der Waals surface area contributed by atoms with Crippen LogP contribution in [0, 0.1) is 0 Å². The minimum Gasteiger partial charge on any atom is -0.247 e. The molecule has 0 spiro atoms. The summed E-state index contributed by atoms with van der Waals surface area (Å²) in [5, 5.41) is 0. The van der Waals surface area contributed by atoms with Gasteiger partial charge in [-0.25, -0.2) is 8.37 Å². The van der Waals surface area contributed by atoms with Crippen LogP contribution < -0.4 is 0 Å². The maximum Gasteiger partial charge on any atom is 0.416 e. The van der Waals surface area contributed by atoms with E-state index in [1.165, 1.54) is 103 Å². The molecule has 0 saturated carbocycles. The summed E-state index contributed by atoms with van der Waals surface area (Å²) in [5.41, 5.74) is 0. The molecule has 0 unspecified atom stereocenters. The fourth-order valence-electron chi connectivity index (χ4n) is 4.35. The van der Waals surface area contributed by atoms with Crippen molar-refractivity contribution in [3.63, 3.8) is 0 Å². The van der Waals surface area contributed by atoms with Crippen LogP contribution in [-0.2, 0) is 32.8 Å². The molecule has 0 saturated heterocycles. The first-order valence-corrected chi connectivity index (χ1v) is 18.0. The Bertz CT molecular complexity index is 639. The molecular weight excluding hydrogens is 537 g/mol. The summed E-state index contributed by atoms with van der Waals surface area (Å²) in [6, 6.07) is 0. The van der Waals surface area contributed by atoms with Crippen molar-refractivity contribution < 1.29 is 31.7 Å². The average Bonchev–Trinajstić information content (AvgIpc) is 2.84. The molecule has 0 atom stereocenters. The summed E-state index contributed by atoms with van der Waals surface area (Å²) in [4.78, 5) is 0. The van der Waals surface area contributed by atoms with Crippen LogP contribution >= 0.6 is 0 Å². The molecule has 0 aromatic heterocycles. The summed E-state index contributed by atoms with van der Waals surface area (Å²) < 4.78 is 60.6. The fraction of sp³-hybridized carbons (Fsp3) is 1.00. The zero-order chi connectivity index (χ0) is 27.5. The maximum absolute atomic E-state index is 11.8. The Labute approximate surface area is 255 Å². The van der Waals surface area contributed by atoms with E-state index in [2.05, 4.69) is 25.8 Å². The van der Waals surface area contributed by atoms with E-state index in [1.807, 2.05) is 0 Å². The summed E-state index contributed by atoms with van der Waals surface area (Å²) in [5.74, 6) is 0.